The summed E-state index contributed by atoms with van der Waals surface area (Å²) in [4.78, 5) is 16.1. The van der Waals surface area contributed by atoms with Crippen LogP contribution in [0, 0.1) is 11.3 Å². The fourth-order valence-corrected chi connectivity index (χ4v) is 4.99. The van der Waals surface area contributed by atoms with Crippen molar-refractivity contribution in [1.82, 2.24) is 4.90 Å². The van der Waals surface area contributed by atoms with Crippen LogP contribution in [0.1, 0.15) is 40.2 Å². The van der Waals surface area contributed by atoms with E-state index in [2.05, 4.69) is 28.4 Å². The number of furan rings is 1. The molecular formula is C23H23N3O2S. The summed E-state index contributed by atoms with van der Waals surface area (Å²) in [5.74, 6) is 0.821. The zero-order valence-corrected chi connectivity index (χ0v) is 17.0. The molecule has 0 atom stereocenters. The lowest BCUT2D eigenvalue weighted by Gasteiger charge is -2.21. The molecule has 1 amide bonds. The molecule has 1 aromatic carbocycles. The molecule has 1 N–H and O–H groups in total. The van der Waals surface area contributed by atoms with Gasteiger partial charge in [0.05, 0.1) is 18.4 Å². The van der Waals surface area contributed by atoms with Crippen LogP contribution in [-0.4, -0.2) is 17.4 Å². The van der Waals surface area contributed by atoms with Crippen molar-refractivity contribution in [1.29, 1.82) is 5.26 Å². The van der Waals surface area contributed by atoms with Gasteiger partial charge in [0.1, 0.15) is 16.8 Å². The molecule has 3 aromatic rings. The summed E-state index contributed by atoms with van der Waals surface area (Å²) in [6, 6.07) is 16.3. The molecular weight excluding hydrogens is 382 g/mol. The van der Waals surface area contributed by atoms with Gasteiger partial charge in [-0.15, -0.1) is 11.3 Å². The second kappa shape index (κ2) is 9.08. The van der Waals surface area contributed by atoms with Crippen molar-refractivity contribution in [3.63, 3.8) is 0 Å². The van der Waals surface area contributed by atoms with Crippen LogP contribution in [0.25, 0.3) is 0 Å². The molecule has 4 rings (SSSR count). The Labute approximate surface area is 174 Å². The predicted octanol–water partition coefficient (Wildman–Crippen LogP) is 4.73. The van der Waals surface area contributed by atoms with Gasteiger partial charge in [0.25, 0.3) is 0 Å². The smallest absolute Gasteiger partial charge is 0.226 e. The van der Waals surface area contributed by atoms with E-state index in [9.17, 15) is 10.1 Å². The molecule has 0 aliphatic heterocycles. The Bertz CT molecular complexity index is 1000. The molecule has 0 saturated heterocycles. The molecule has 1 aliphatic carbocycles. The molecule has 2 heterocycles. The summed E-state index contributed by atoms with van der Waals surface area (Å²) in [5, 5.41) is 13.2. The second-order valence-corrected chi connectivity index (χ2v) is 8.35. The Morgan fingerprint density at radius 1 is 1.17 bits per heavy atom. The first-order valence-electron chi connectivity index (χ1n) is 9.86. The number of hydrogen-bond donors (Lipinski definition) is 1. The third kappa shape index (κ3) is 4.76. The van der Waals surface area contributed by atoms with Gasteiger partial charge in [-0.3, -0.25) is 9.69 Å². The summed E-state index contributed by atoms with van der Waals surface area (Å²) in [6.07, 6.45) is 5.09. The lowest BCUT2D eigenvalue weighted by Crippen LogP contribution is -2.27. The van der Waals surface area contributed by atoms with Gasteiger partial charge >= 0.3 is 0 Å². The quantitative estimate of drug-likeness (QED) is 0.588. The van der Waals surface area contributed by atoms with Crippen molar-refractivity contribution in [3.05, 3.63) is 76.1 Å². The van der Waals surface area contributed by atoms with E-state index in [1.807, 2.05) is 30.3 Å². The molecule has 6 heteroatoms. The van der Waals surface area contributed by atoms with Gasteiger partial charge in [0, 0.05) is 24.4 Å². The maximum atomic E-state index is 12.6. The summed E-state index contributed by atoms with van der Waals surface area (Å²) in [6.45, 7) is 1.99. The number of carbonyl (C=O) groups is 1. The van der Waals surface area contributed by atoms with Gasteiger partial charge < -0.3 is 9.73 Å². The van der Waals surface area contributed by atoms with Crippen LogP contribution in [0.15, 0.2) is 53.1 Å². The Morgan fingerprint density at radius 3 is 2.79 bits per heavy atom. The van der Waals surface area contributed by atoms with Gasteiger partial charge in [-0.2, -0.15) is 5.26 Å². The number of fused-ring (bicyclic) bond motifs is 1. The number of nitriles is 1. The Morgan fingerprint density at radius 2 is 2.03 bits per heavy atom. The molecule has 0 fully saturated rings. The minimum Gasteiger partial charge on any atom is -0.468 e. The van der Waals surface area contributed by atoms with Crippen molar-refractivity contribution in [2.45, 2.75) is 38.8 Å². The highest BCUT2D eigenvalue weighted by molar-refractivity contribution is 7.16. The van der Waals surface area contributed by atoms with Crippen LogP contribution in [0.2, 0.25) is 0 Å². The molecule has 2 aromatic heterocycles. The summed E-state index contributed by atoms with van der Waals surface area (Å²) >= 11 is 1.56. The van der Waals surface area contributed by atoms with Crippen LogP contribution in [0.4, 0.5) is 5.00 Å². The molecule has 0 saturated carbocycles. The SMILES string of the molecule is N#Cc1c(NC(=O)CCN(Cc2ccccc2)Cc2ccco2)sc2c1CCC2. The van der Waals surface area contributed by atoms with E-state index in [1.165, 1.54) is 10.4 Å². The van der Waals surface area contributed by atoms with Crippen molar-refractivity contribution in [2.24, 2.45) is 0 Å². The van der Waals surface area contributed by atoms with Crippen LogP contribution in [0.5, 0.6) is 0 Å². The molecule has 0 unspecified atom stereocenters. The number of aryl methyl sites for hydroxylation is 1. The van der Waals surface area contributed by atoms with Crippen molar-refractivity contribution >= 4 is 22.2 Å². The van der Waals surface area contributed by atoms with Crippen molar-refractivity contribution in [3.8, 4) is 6.07 Å². The lowest BCUT2D eigenvalue weighted by atomic mass is 10.1. The van der Waals surface area contributed by atoms with E-state index in [-0.39, 0.29) is 5.91 Å². The van der Waals surface area contributed by atoms with E-state index < -0.39 is 0 Å². The van der Waals surface area contributed by atoms with E-state index in [4.69, 9.17) is 4.42 Å². The summed E-state index contributed by atoms with van der Waals surface area (Å²) in [7, 11) is 0. The first-order valence-corrected chi connectivity index (χ1v) is 10.7. The Hall–Kier alpha value is -2.88. The normalized spacial score (nSPS) is 12.7. The Kier molecular flexibility index (Phi) is 6.09. The van der Waals surface area contributed by atoms with Gasteiger partial charge in [-0.05, 0) is 42.5 Å². The molecule has 0 bridgehead atoms. The number of rotatable bonds is 8. The summed E-state index contributed by atoms with van der Waals surface area (Å²) in [5.41, 5.74) is 2.99. The molecule has 148 valence electrons. The molecule has 1 aliphatic rings. The average Bonchev–Trinajstić information content (AvgIpc) is 3.45. The maximum absolute atomic E-state index is 12.6. The molecule has 29 heavy (non-hydrogen) atoms. The van der Waals surface area contributed by atoms with Crippen LogP contribution in [0.3, 0.4) is 0 Å². The zero-order valence-electron chi connectivity index (χ0n) is 16.2. The number of thiophene rings is 1. The van der Waals surface area contributed by atoms with E-state index in [0.717, 1.165) is 37.1 Å². The lowest BCUT2D eigenvalue weighted by molar-refractivity contribution is -0.116. The van der Waals surface area contributed by atoms with E-state index in [0.29, 0.717) is 30.1 Å². The van der Waals surface area contributed by atoms with Crippen LogP contribution >= 0.6 is 11.3 Å². The standard InChI is InChI=1S/C23H23N3O2S/c24-14-20-19-9-4-10-21(19)29-23(20)25-22(27)11-12-26(16-18-8-5-13-28-18)15-17-6-2-1-3-7-17/h1-3,5-8,13H,4,9-12,15-16H2,(H,25,27). The number of anilines is 1. The topological polar surface area (TPSA) is 69.3 Å². The number of amides is 1. The number of hydrogen-bond acceptors (Lipinski definition) is 5. The number of nitrogens with zero attached hydrogens (tertiary/aromatic N) is 2. The summed E-state index contributed by atoms with van der Waals surface area (Å²) < 4.78 is 5.49. The molecule has 0 spiro atoms. The third-order valence-electron chi connectivity index (χ3n) is 5.15. The van der Waals surface area contributed by atoms with Crippen LogP contribution < -0.4 is 5.32 Å². The number of carbonyl (C=O) groups excluding carboxylic acids is 1. The minimum absolute atomic E-state index is 0.0565. The first kappa shape index (κ1) is 19.4. The second-order valence-electron chi connectivity index (χ2n) is 7.25. The third-order valence-corrected chi connectivity index (χ3v) is 6.36. The van der Waals surface area contributed by atoms with Crippen molar-refractivity contribution in [2.75, 3.05) is 11.9 Å². The van der Waals surface area contributed by atoms with Crippen LogP contribution in [-0.2, 0) is 30.7 Å². The molecule has 0 radical (unpaired) electrons. The maximum Gasteiger partial charge on any atom is 0.226 e. The largest absolute Gasteiger partial charge is 0.468 e. The number of benzene rings is 1. The van der Waals surface area contributed by atoms with E-state index in [1.54, 1.807) is 17.6 Å². The van der Waals surface area contributed by atoms with Gasteiger partial charge in [-0.25, -0.2) is 0 Å². The van der Waals surface area contributed by atoms with E-state index >= 15 is 0 Å². The van der Waals surface area contributed by atoms with Gasteiger partial charge in [0.2, 0.25) is 5.91 Å². The zero-order chi connectivity index (χ0) is 20.1. The highest BCUT2D eigenvalue weighted by atomic mass is 32.1. The monoisotopic (exact) mass is 405 g/mol. The van der Waals surface area contributed by atoms with Crippen molar-refractivity contribution < 1.29 is 9.21 Å². The van der Waals surface area contributed by atoms with Gasteiger partial charge in [-0.1, -0.05) is 30.3 Å². The fourth-order valence-electron chi connectivity index (χ4n) is 3.74. The minimum atomic E-state index is -0.0565. The highest BCUT2D eigenvalue weighted by Crippen LogP contribution is 2.38. The van der Waals surface area contributed by atoms with Gasteiger partial charge in [0.15, 0.2) is 0 Å². The predicted molar refractivity (Wildman–Crippen MR) is 114 cm³/mol. The Balaban J connectivity index is 1.39. The first-order chi connectivity index (χ1) is 14.2. The highest BCUT2D eigenvalue weighted by Gasteiger charge is 2.23. The fraction of sp³-hybridized carbons (Fsp3) is 0.304. The molecule has 5 nitrogen and oxygen atoms in total. The average molecular weight is 406 g/mol. The number of nitrogens with one attached hydrogen (secondary N) is 1.